The van der Waals surface area contributed by atoms with Gasteiger partial charge in [0.05, 0.1) is 0 Å². The third-order valence-electron chi connectivity index (χ3n) is 4.39. The minimum Gasteiger partial charge on any atom is -0.310 e. The molecule has 1 heterocycles. The number of thioether (sulfide) groups is 1. The van der Waals surface area contributed by atoms with Crippen LogP contribution < -0.4 is 5.32 Å². The lowest BCUT2D eigenvalue weighted by Gasteiger charge is -2.29. The van der Waals surface area contributed by atoms with Crippen molar-refractivity contribution < 1.29 is 0 Å². The van der Waals surface area contributed by atoms with Crippen LogP contribution in [-0.4, -0.2) is 12.3 Å². The molecule has 1 aromatic carbocycles. The lowest BCUT2D eigenvalue weighted by Crippen LogP contribution is -2.30. The van der Waals surface area contributed by atoms with Crippen LogP contribution >= 0.6 is 23.4 Å². The molecular formula is C16H22ClNS. The van der Waals surface area contributed by atoms with Crippen LogP contribution in [-0.2, 0) is 0 Å². The SMILES string of the molecule is Clc1ccc2c(c1)C(NCC1CCCCC1)CCS2. The van der Waals surface area contributed by atoms with Gasteiger partial charge in [-0.25, -0.2) is 0 Å². The molecule has 104 valence electrons. The van der Waals surface area contributed by atoms with E-state index < -0.39 is 0 Å². The molecule has 1 nitrogen and oxygen atoms in total. The molecule has 0 amide bonds. The number of rotatable bonds is 3. The maximum Gasteiger partial charge on any atom is 0.0410 e. The number of hydrogen-bond donors (Lipinski definition) is 1. The van der Waals surface area contributed by atoms with Crippen LogP contribution in [0.25, 0.3) is 0 Å². The number of fused-ring (bicyclic) bond motifs is 1. The second-order valence-corrected chi connectivity index (χ2v) is 7.36. The summed E-state index contributed by atoms with van der Waals surface area (Å²) >= 11 is 8.12. The zero-order valence-corrected chi connectivity index (χ0v) is 12.9. The summed E-state index contributed by atoms with van der Waals surface area (Å²) in [6, 6.07) is 6.85. The van der Waals surface area contributed by atoms with Crippen molar-refractivity contribution in [3.63, 3.8) is 0 Å². The average Bonchev–Trinajstić information content (AvgIpc) is 2.46. The lowest BCUT2D eigenvalue weighted by atomic mass is 9.89. The maximum atomic E-state index is 6.15. The zero-order valence-electron chi connectivity index (χ0n) is 11.3. The van der Waals surface area contributed by atoms with E-state index in [0.717, 1.165) is 10.9 Å². The molecule has 3 rings (SSSR count). The molecule has 2 aliphatic rings. The molecule has 1 unspecified atom stereocenters. The summed E-state index contributed by atoms with van der Waals surface area (Å²) in [5.41, 5.74) is 1.42. The van der Waals surface area contributed by atoms with Gasteiger partial charge in [0.25, 0.3) is 0 Å². The Morgan fingerprint density at radius 3 is 2.84 bits per heavy atom. The lowest BCUT2D eigenvalue weighted by molar-refractivity contribution is 0.325. The van der Waals surface area contributed by atoms with Crippen LogP contribution in [0.3, 0.4) is 0 Å². The van der Waals surface area contributed by atoms with Crippen LogP contribution in [0.4, 0.5) is 0 Å². The minimum atomic E-state index is 0.511. The standard InChI is InChI=1S/C16H22ClNS/c17-13-6-7-16-14(10-13)15(8-9-19-16)18-11-12-4-2-1-3-5-12/h6-7,10,12,15,18H,1-5,8-9,11H2. The summed E-state index contributed by atoms with van der Waals surface area (Å²) in [5.74, 6) is 2.11. The zero-order chi connectivity index (χ0) is 13.1. The fourth-order valence-corrected chi connectivity index (χ4v) is 4.56. The van der Waals surface area contributed by atoms with E-state index >= 15 is 0 Å². The first-order valence-electron chi connectivity index (χ1n) is 7.48. The Hall–Kier alpha value is -0.180. The summed E-state index contributed by atoms with van der Waals surface area (Å²) in [7, 11) is 0. The Balaban J connectivity index is 1.64. The van der Waals surface area contributed by atoms with Gasteiger partial charge in [-0.15, -0.1) is 11.8 Å². The molecule has 0 bridgehead atoms. The Morgan fingerprint density at radius 2 is 2.00 bits per heavy atom. The van der Waals surface area contributed by atoms with Crippen LogP contribution in [0.2, 0.25) is 5.02 Å². The van der Waals surface area contributed by atoms with Crippen LogP contribution in [0, 0.1) is 5.92 Å². The van der Waals surface area contributed by atoms with E-state index in [1.807, 2.05) is 17.8 Å². The van der Waals surface area contributed by atoms with Crippen molar-refractivity contribution >= 4 is 23.4 Å². The van der Waals surface area contributed by atoms with Gasteiger partial charge < -0.3 is 5.32 Å². The topological polar surface area (TPSA) is 12.0 Å². The Labute approximate surface area is 125 Å². The van der Waals surface area contributed by atoms with E-state index in [9.17, 15) is 0 Å². The second kappa shape index (κ2) is 6.51. The van der Waals surface area contributed by atoms with Gasteiger partial charge in [-0.05, 0) is 61.2 Å². The number of benzene rings is 1. The first-order valence-corrected chi connectivity index (χ1v) is 8.85. The van der Waals surface area contributed by atoms with Crippen molar-refractivity contribution in [2.75, 3.05) is 12.3 Å². The van der Waals surface area contributed by atoms with Gasteiger partial charge in [0.15, 0.2) is 0 Å². The van der Waals surface area contributed by atoms with Gasteiger partial charge in [0.1, 0.15) is 0 Å². The summed E-state index contributed by atoms with van der Waals surface area (Å²) in [6.07, 6.45) is 8.35. The molecule has 0 saturated heterocycles. The molecule has 1 aromatic rings. The van der Waals surface area contributed by atoms with E-state index in [4.69, 9.17) is 11.6 Å². The number of hydrogen-bond acceptors (Lipinski definition) is 2. The number of halogens is 1. The predicted molar refractivity (Wildman–Crippen MR) is 84.1 cm³/mol. The maximum absolute atomic E-state index is 6.15. The van der Waals surface area contributed by atoms with Gasteiger partial charge in [-0.2, -0.15) is 0 Å². The first-order chi connectivity index (χ1) is 9.33. The van der Waals surface area contributed by atoms with Crippen LogP contribution in [0.15, 0.2) is 23.1 Å². The molecule has 19 heavy (non-hydrogen) atoms. The minimum absolute atomic E-state index is 0.511. The quantitative estimate of drug-likeness (QED) is 0.838. The van der Waals surface area contributed by atoms with Crippen molar-refractivity contribution in [2.24, 2.45) is 5.92 Å². The summed E-state index contributed by atoms with van der Waals surface area (Å²) in [5, 5.41) is 4.67. The largest absolute Gasteiger partial charge is 0.310 e. The van der Waals surface area contributed by atoms with Crippen molar-refractivity contribution in [2.45, 2.75) is 49.5 Å². The third-order valence-corrected chi connectivity index (χ3v) is 5.75. The Kier molecular flexibility index (Phi) is 4.73. The van der Waals surface area contributed by atoms with Gasteiger partial charge in [-0.3, -0.25) is 0 Å². The van der Waals surface area contributed by atoms with Crippen molar-refractivity contribution in [1.82, 2.24) is 5.32 Å². The molecule has 3 heteroatoms. The van der Waals surface area contributed by atoms with E-state index in [1.165, 1.54) is 61.3 Å². The smallest absolute Gasteiger partial charge is 0.0410 e. The van der Waals surface area contributed by atoms with E-state index in [0.29, 0.717) is 6.04 Å². The van der Waals surface area contributed by atoms with Gasteiger partial charge in [-0.1, -0.05) is 30.9 Å². The second-order valence-electron chi connectivity index (χ2n) is 5.78. The molecule has 0 radical (unpaired) electrons. The molecule has 0 spiro atoms. The Bertz CT molecular complexity index is 429. The molecular weight excluding hydrogens is 274 g/mol. The molecule has 0 aromatic heterocycles. The molecule has 1 aliphatic carbocycles. The van der Waals surface area contributed by atoms with E-state index in [2.05, 4.69) is 17.4 Å². The fourth-order valence-electron chi connectivity index (χ4n) is 3.28. The van der Waals surface area contributed by atoms with Gasteiger partial charge in [0, 0.05) is 16.0 Å². The van der Waals surface area contributed by atoms with Crippen LogP contribution in [0.5, 0.6) is 0 Å². The first kappa shape index (κ1) is 13.8. The normalized spacial score (nSPS) is 24.2. The summed E-state index contributed by atoms with van der Waals surface area (Å²) in [4.78, 5) is 1.41. The highest BCUT2D eigenvalue weighted by Gasteiger charge is 2.22. The van der Waals surface area contributed by atoms with Gasteiger partial charge >= 0.3 is 0 Å². The summed E-state index contributed by atoms with van der Waals surface area (Å²) in [6.45, 7) is 1.18. The summed E-state index contributed by atoms with van der Waals surface area (Å²) < 4.78 is 0. The monoisotopic (exact) mass is 295 g/mol. The van der Waals surface area contributed by atoms with E-state index in [1.54, 1.807) is 0 Å². The van der Waals surface area contributed by atoms with Crippen molar-refractivity contribution in [1.29, 1.82) is 0 Å². The van der Waals surface area contributed by atoms with Crippen LogP contribution in [0.1, 0.15) is 50.1 Å². The predicted octanol–water partition coefficient (Wildman–Crippen LogP) is 5.05. The average molecular weight is 296 g/mol. The van der Waals surface area contributed by atoms with E-state index in [-0.39, 0.29) is 0 Å². The number of nitrogens with one attached hydrogen (secondary N) is 1. The molecule has 1 atom stereocenters. The highest BCUT2D eigenvalue weighted by Crippen LogP contribution is 2.37. The van der Waals surface area contributed by atoms with Crippen molar-refractivity contribution in [3.8, 4) is 0 Å². The Morgan fingerprint density at radius 1 is 1.16 bits per heavy atom. The highest BCUT2D eigenvalue weighted by molar-refractivity contribution is 7.99. The molecule has 1 saturated carbocycles. The molecule has 1 fully saturated rings. The van der Waals surface area contributed by atoms with Crippen molar-refractivity contribution in [3.05, 3.63) is 28.8 Å². The van der Waals surface area contributed by atoms with Gasteiger partial charge in [0.2, 0.25) is 0 Å². The fraction of sp³-hybridized carbons (Fsp3) is 0.625. The third kappa shape index (κ3) is 3.48. The molecule has 1 aliphatic heterocycles. The molecule has 1 N–H and O–H groups in total. The highest BCUT2D eigenvalue weighted by atomic mass is 35.5.